The van der Waals surface area contributed by atoms with E-state index in [1.54, 1.807) is 0 Å². The van der Waals surface area contributed by atoms with Crippen molar-refractivity contribution in [1.29, 1.82) is 0 Å². The molecule has 0 N–H and O–H groups in total. The smallest absolute Gasteiger partial charge is 0.249 e. The number of hydrogen-bond donors (Lipinski definition) is 0. The van der Waals surface area contributed by atoms with Crippen molar-refractivity contribution in [2.75, 3.05) is 19.6 Å². The Kier molecular flexibility index (Phi) is 4.16. The van der Waals surface area contributed by atoms with Crippen molar-refractivity contribution < 1.29 is 22.4 Å². The van der Waals surface area contributed by atoms with Gasteiger partial charge in [-0.3, -0.25) is 9.63 Å². The molecule has 8 heteroatoms. The number of piperidine rings is 1. The fourth-order valence-corrected chi connectivity index (χ4v) is 4.57. The van der Waals surface area contributed by atoms with Gasteiger partial charge >= 0.3 is 0 Å². The second kappa shape index (κ2) is 5.85. The van der Waals surface area contributed by atoms with Crippen molar-refractivity contribution in [2.24, 2.45) is 0 Å². The molecule has 2 heterocycles. The summed E-state index contributed by atoms with van der Waals surface area (Å²) in [5.74, 6) is -0.642. The maximum atomic E-state index is 13.3. The number of amides is 1. The number of nitrogens with zero attached hydrogens (tertiary/aromatic N) is 2. The first-order valence-electron chi connectivity index (χ1n) is 7.61. The van der Waals surface area contributed by atoms with Crippen molar-refractivity contribution in [2.45, 2.75) is 36.7 Å². The van der Waals surface area contributed by atoms with Gasteiger partial charge in [0.25, 0.3) is 0 Å². The van der Waals surface area contributed by atoms with Gasteiger partial charge < -0.3 is 0 Å². The maximum absolute atomic E-state index is 13.3. The summed E-state index contributed by atoms with van der Waals surface area (Å²) in [4.78, 5) is 17.5. The molecule has 0 saturated carbocycles. The van der Waals surface area contributed by atoms with Crippen molar-refractivity contribution in [3.8, 4) is 0 Å². The van der Waals surface area contributed by atoms with Crippen LogP contribution in [0.2, 0.25) is 0 Å². The third kappa shape index (κ3) is 2.98. The first kappa shape index (κ1) is 16.4. The average Bonchev–Trinajstić information content (AvgIpc) is 2.83. The number of sulfonamides is 1. The number of halogens is 1. The van der Waals surface area contributed by atoms with Gasteiger partial charge in [0.2, 0.25) is 15.9 Å². The van der Waals surface area contributed by atoms with Crippen LogP contribution in [-0.4, -0.2) is 48.9 Å². The zero-order valence-corrected chi connectivity index (χ0v) is 13.7. The number of carbonyl (C=O) groups excluding carboxylic acids is 1. The van der Waals surface area contributed by atoms with Crippen LogP contribution in [0.15, 0.2) is 29.2 Å². The molecule has 0 aliphatic carbocycles. The Balaban J connectivity index is 1.73. The molecule has 0 atom stereocenters. The van der Waals surface area contributed by atoms with Crippen LogP contribution in [0.4, 0.5) is 4.39 Å². The number of hydroxylamine groups is 2. The van der Waals surface area contributed by atoms with Gasteiger partial charge in [0.15, 0.2) is 0 Å². The van der Waals surface area contributed by atoms with E-state index in [1.165, 1.54) is 27.6 Å². The topological polar surface area (TPSA) is 66.9 Å². The molecule has 1 amide bonds. The number of benzene rings is 1. The lowest BCUT2D eigenvalue weighted by molar-refractivity contribution is -0.206. The van der Waals surface area contributed by atoms with E-state index < -0.39 is 21.4 Å². The molecule has 126 valence electrons. The molecule has 0 aromatic heterocycles. The number of carbonyl (C=O) groups is 1. The Morgan fingerprint density at radius 3 is 2.57 bits per heavy atom. The Morgan fingerprint density at radius 1 is 1.30 bits per heavy atom. The highest BCUT2D eigenvalue weighted by atomic mass is 32.2. The molecule has 3 rings (SSSR count). The molecule has 0 unspecified atom stereocenters. The molecule has 2 saturated heterocycles. The summed E-state index contributed by atoms with van der Waals surface area (Å²) in [6.07, 6.45) is 1.18. The normalized spacial score (nSPS) is 22.0. The van der Waals surface area contributed by atoms with Crippen LogP contribution in [-0.2, 0) is 19.7 Å². The SMILES string of the molecule is CCN1OC2(CCN(S(=O)(=O)c3cccc(F)c3)CC2)CC1=O. The minimum absolute atomic E-state index is 0.0490. The van der Waals surface area contributed by atoms with Crippen LogP contribution < -0.4 is 0 Å². The van der Waals surface area contributed by atoms with Gasteiger partial charge in [-0.15, -0.1) is 0 Å². The fraction of sp³-hybridized carbons (Fsp3) is 0.533. The summed E-state index contributed by atoms with van der Waals surface area (Å²) in [5, 5.41) is 1.34. The third-order valence-corrected chi connectivity index (χ3v) is 6.30. The Bertz CT molecular complexity index is 714. The second-order valence-corrected chi connectivity index (χ2v) is 7.84. The van der Waals surface area contributed by atoms with Crippen LogP contribution in [0.25, 0.3) is 0 Å². The molecule has 2 aliphatic heterocycles. The molecule has 2 aliphatic rings. The summed E-state index contributed by atoms with van der Waals surface area (Å²) >= 11 is 0. The third-order valence-electron chi connectivity index (χ3n) is 4.41. The standard InChI is InChI=1S/C15H19FN2O4S/c1-2-18-14(19)11-15(22-18)6-8-17(9-7-15)23(20,21)13-5-3-4-12(16)10-13/h3-5,10H,2,6-9,11H2,1H3. The van der Waals surface area contributed by atoms with Crippen LogP contribution >= 0.6 is 0 Å². The highest BCUT2D eigenvalue weighted by Crippen LogP contribution is 2.37. The number of hydrogen-bond acceptors (Lipinski definition) is 4. The average molecular weight is 342 g/mol. The van der Waals surface area contributed by atoms with Crippen LogP contribution in [0.3, 0.4) is 0 Å². The Morgan fingerprint density at radius 2 is 2.00 bits per heavy atom. The van der Waals surface area contributed by atoms with E-state index in [1.807, 2.05) is 6.92 Å². The van der Waals surface area contributed by atoms with E-state index >= 15 is 0 Å². The molecule has 1 spiro atoms. The molecular formula is C15H19FN2O4S. The Hall–Kier alpha value is -1.51. The minimum Gasteiger partial charge on any atom is -0.272 e. The molecule has 1 aromatic carbocycles. The predicted molar refractivity (Wildman–Crippen MR) is 80.2 cm³/mol. The van der Waals surface area contributed by atoms with Crippen molar-refractivity contribution >= 4 is 15.9 Å². The quantitative estimate of drug-likeness (QED) is 0.836. The number of rotatable bonds is 3. The summed E-state index contributed by atoms with van der Waals surface area (Å²) in [6.45, 7) is 2.82. The van der Waals surface area contributed by atoms with Crippen LogP contribution in [0, 0.1) is 5.82 Å². The molecule has 0 radical (unpaired) electrons. The Labute approximate surface area is 134 Å². The van der Waals surface area contributed by atoms with Gasteiger partial charge in [-0.2, -0.15) is 4.31 Å². The van der Waals surface area contributed by atoms with Crippen LogP contribution in [0.5, 0.6) is 0 Å². The molecule has 6 nitrogen and oxygen atoms in total. The zero-order valence-electron chi connectivity index (χ0n) is 12.9. The second-order valence-electron chi connectivity index (χ2n) is 5.90. The molecular weight excluding hydrogens is 323 g/mol. The first-order valence-corrected chi connectivity index (χ1v) is 9.05. The first-order chi connectivity index (χ1) is 10.9. The summed E-state index contributed by atoms with van der Waals surface area (Å²) in [7, 11) is -3.72. The van der Waals surface area contributed by atoms with E-state index in [4.69, 9.17) is 4.84 Å². The van der Waals surface area contributed by atoms with Gasteiger partial charge in [-0.25, -0.2) is 17.9 Å². The van der Waals surface area contributed by atoms with Crippen molar-refractivity contribution in [3.63, 3.8) is 0 Å². The molecule has 0 bridgehead atoms. The van der Waals surface area contributed by atoms with E-state index in [-0.39, 0.29) is 30.3 Å². The monoisotopic (exact) mass is 342 g/mol. The summed E-state index contributed by atoms with van der Waals surface area (Å²) in [6, 6.07) is 5.00. The summed E-state index contributed by atoms with van der Waals surface area (Å²) < 4.78 is 39.8. The van der Waals surface area contributed by atoms with Gasteiger partial charge in [-0.1, -0.05) is 6.07 Å². The molecule has 2 fully saturated rings. The minimum atomic E-state index is -3.72. The zero-order chi connectivity index (χ0) is 16.7. The van der Waals surface area contributed by atoms with Crippen LogP contribution in [0.1, 0.15) is 26.2 Å². The lowest BCUT2D eigenvalue weighted by Crippen LogP contribution is -2.47. The van der Waals surface area contributed by atoms with Crippen molar-refractivity contribution in [3.05, 3.63) is 30.1 Å². The van der Waals surface area contributed by atoms with Gasteiger partial charge in [-0.05, 0) is 38.0 Å². The van der Waals surface area contributed by atoms with Gasteiger partial charge in [0.1, 0.15) is 11.4 Å². The predicted octanol–water partition coefficient (Wildman–Crippen LogP) is 1.53. The van der Waals surface area contributed by atoms with E-state index in [2.05, 4.69) is 0 Å². The lowest BCUT2D eigenvalue weighted by atomic mass is 9.89. The molecule has 1 aromatic rings. The van der Waals surface area contributed by atoms with E-state index in [0.29, 0.717) is 19.4 Å². The van der Waals surface area contributed by atoms with Gasteiger partial charge in [0, 0.05) is 19.6 Å². The van der Waals surface area contributed by atoms with Gasteiger partial charge in [0.05, 0.1) is 11.3 Å². The molecule has 23 heavy (non-hydrogen) atoms. The highest BCUT2D eigenvalue weighted by molar-refractivity contribution is 7.89. The van der Waals surface area contributed by atoms with E-state index in [9.17, 15) is 17.6 Å². The van der Waals surface area contributed by atoms with Crippen molar-refractivity contribution in [1.82, 2.24) is 9.37 Å². The largest absolute Gasteiger partial charge is 0.272 e. The summed E-state index contributed by atoms with van der Waals surface area (Å²) in [5.41, 5.74) is -0.596. The van der Waals surface area contributed by atoms with E-state index in [0.717, 1.165) is 6.07 Å². The maximum Gasteiger partial charge on any atom is 0.249 e. The lowest BCUT2D eigenvalue weighted by Gasteiger charge is -2.37. The fourth-order valence-electron chi connectivity index (χ4n) is 3.10. The highest BCUT2D eigenvalue weighted by Gasteiger charge is 2.47.